The predicted molar refractivity (Wildman–Crippen MR) is 77.2 cm³/mol. The Labute approximate surface area is 118 Å². The van der Waals surface area contributed by atoms with E-state index in [1.807, 2.05) is 6.92 Å². The standard InChI is InChI=1S/C12H17N5O2S/c1-4-13-10-6-5-7-14-12(10)20(18,19)16-11-8-9(2)15-17(11)3/h5-8,13,16H,4H2,1-3H3. The highest BCUT2D eigenvalue weighted by molar-refractivity contribution is 7.92. The van der Waals surface area contributed by atoms with Gasteiger partial charge in [-0.05, 0) is 26.0 Å². The first-order chi connectivity index (χ1) is 9.44. The summed E-state index contributed by atoms with van der Waals surface area (Å²) in [6, 6.07) is 5.03. The van der Waals surface area contributed by atoms with E-state index in [0.717, 1.165) is 5.69 Å². The molecule has 0 atom stereocenters. The van der Waals surface area contributed by atoms with Crippen molar-refractivity contribution >= 4 is 21.5 Å². The molecule has 2 heterocycles. The summed E-state index contributed by atoms with van der Waals surface area (Å²) in [4.78, 5) is 3.96. The maximum Gasteiger partial charge on any atom is 0.282 e. The first-order valence-corrected chi connectivity index (χ1v) is 7.64. The number of aromatic nitrogens is 3. The largest absolute Gasteiger partial charge is 0.383 e. The van der Waals surface area contributed by atoms with Gasteiger partial charge in [-0.25, -0.2) is 4.98 Å². The van der Waals surface area contributed by atoms with Crippen LogP contribution in [0.4, 0.5) is 11.5 Å². The number of anilines is 2. The Hall–Kier alpha value is -2.09. The lowest BCUT2D eigenvalue weighted by Gasteiger charge is -2.11. The average molecular weight is 295 g/mol. The smallest absolute Gasteiger partial charge is 0.282 e. The zero-order chi connectivity index (χ0) is 14.8. The Kier molecular flexibility index (Phi) is 3.93. The van der Waals surface area contributed by atoms with E-state index in [1.165, 1.54) is 10.9 Å². The van der Waals surface area contributed by atoms with Crippen molar-refractivity contribution in [2.75, 3.05) is 16.6 Å². The molecule has 0 fully saturated rings. The van der Waals surface area contributed by atoms with Crippen LogP contribution in [0.1, 0.15) is 12.6 Å². The molecule has 20 heavy (non-hydrogen) atoms. The van der Waals surface area contributed by atoms with Gasteiger partial charge in [-0.15, -0.1) is 0 Å². The van der Waals surface area contributed by atoms with Crippen LogP contribution in [0.2, 0.25) is 0 Å². The number of nitrogens with zero attached hydrogens (tertiary/aromatic N) is 3. The van der Waals surface area contributed by atoms with E-state index >= 15 is 0 Å². The van der Waals surface area contributed by atoms with Crippen molar-refractivity contribution < 1.29 is 8.42 Å². The fourth-order valence-electron chi connectivity index (χ4n) is 1.82. The average Bonchev–Trinajstić information content (AvgIpc) is 2.68. The molecule has 0 aliphatic rings. The molecule has 7 nitrogen and oxygen atoms in total. The van der Waals surface area contributed by atoms with Gasteiger partial charge in [0.1, 0.15) is 5.82 Å². The van der Waals surface area contributed by atoms with E-state index < -0.39 is 10.0 Å². The molecule has 0 unspecified atom stereocenters. The molecule has 0 radical (unpaired) electrons. The van der Waals surface area contributed by atoms with Crippen molar-refractivity contribution in [2.45, 2.75) is 18.9 Å². The van der Waals surface area contributed by atoms with Crippen LogP contribution in [-0.2, 0) is 17.1 Å². The van der Waals surface area contributed by atoms with E-state index in [0.29, 0.717) is 18.1 Å². The van der Waals surface area contributed by atoms with Crippen LogP contribution in [0.25, 0.3) is 0 Å². The van der Waals surface area contributed by atoms with Crippen molar-refractivity contribution in [2.24, 2.45) is 7.05 Å². The van der Waals surface area contributed by atoms with E-state index in [-0.39, 0.29) is 5.03 Å². The van der Waals surface area contributed by atoms with Crippen molar-refractivity contribution in [3.63, 3.8) is 0 Å². The molecule has 2 aromatic heterocycles. The Bertz CT molecular complexity index is 708. The quantitative estimate of drug-likeness (QED) is 0.869. The van der Waals surface area contributed by atoms with Gasteiger partial charge >= 0.3 is 0 Å². The number of rotatable bonds is 5. The second kappa shape index (κ2) is 5.49. The SMILES string of the molecule is CCNc1cccnc1S(=O)(=O)Nc1cc(C)nn1C. The lowest BCUT2D eigenvalue weighted by molar-refractivity contribution is 0.597. The molecule has 8 heteroatoms. The third-order valence-electron chi connectivity index (χ3n) is 2.63. The molecule has 2 N–H and O–H groups in total. The van der Waals surface area contributed by atoms with Crippen LogP contribution in [0, 0.1) is 6.92 Å². The normalized spacial score (nSPS) is 11.3. The molecule has 2 rings (SSSR count). The maximum atomic E-state index is 12.4. The van der Waals surface area contributed by atoms with Crippen LogP contribution >= 0.6 is 0 Å². The minimum absolute atomic E-state index is 0.0271. The lowest BCUT2D eigenvalue weighted by Crippen LogP contribution is -2.18. The minimum Gasteiger partial charge on any atom is -0.383 e. The summed E-state index contributed by atoms with van der Waals surface area (Å²) in [7, 11) is -2.08. The van der Waals surface area contributed by atoms with Crippen LogP contribution in [-0.4, -0.2) is 29.7 Å². The highest BCUT2D eigenvalue weighted by Crippen LogP contribution is 2.21. The number of hydrogen-bond donors (Lipinski definition) is 2. The summed E-state index contributed by atoms with van der Waals surface area (Å²) >= 11 is 0. The molecule has 0 bridgehead atoms. The third kappa shape index (κ3) is 2.90. The molecule has 0 aliphatic heterocycles. The molecule has 2 aromatic rings. The van der Waals surface area contributed by atoms with Gasteiger partial charge in [-0.3, -0.25) is 9.40 Å². The van der Waals surface area contributed by atoms with Gasteiger partial charge in [0.15, 0.2) is 5.03 Å². The van der Waals surface area contributed by atoms with Gasteiger partial charge in [0, 0.05) is 25.9 Å². The molecule has 0 amide bonds. The van der Waals surface area contributed by atoms with Crippen LogP contribution in [0.3, 0.4) is 0 Å². The fourth-order valence-corrected chi connectivity index (χ4v) is 3.01. The number of aryl methyl sites for hydroxylation is 2. The topological polar surface area (TPSA) is 88.9 Å². The summed E-state index contributed by atoms with van der Waals surface area (Å²) in [6.07, 6.45) is 1.45. The number of sulfonamides is 1. The van der Waals surface area contributed by atoms with E-state index in [2.05, 4.69) is 20.1 Å². The Morgan fingerprint density at radius 1 is 1.40 bits per heavy atom. The van der Waals surface area contributed by atoms with Gasteiger partial charge in [0.05, 0.1) is 11.4 Å². The number of nitrogens with one attached hydrogen (secondary N) is 2. The highest BCUT2D eigenvalue weighted by Gasteiger charge is 2.21. The molecule has 0 aromatic carbocycles. The van der Waals surface area contributed by atoms with Gasteiger partial charge < -0.3 is 5.32 Å². The predicted octanol–water partition coefficient (Wildman–Crippen LogP) is 1.36. The Balaban J connectivity index is 2.38. The molecule has 0 aliphatic carbocycles. The minimum atomic E-state index is -3.76. The summed E-state index contributed by atoms with van der Waals surface area (Å²) in [6.45, 7) is 4.29. The molecule has 0 saturated heterocycles. The second-order valence-electron chi connectivity index (χ2n) is 4.29. The van der Waals surface area contributed by atoms with Crippen molar-refractivity contribution in [3.8, 4) is 0 Å². The molecular weight excluding hydrogens is 278 g/mol. The summed E-state index contributed by atoms with van der Waals surface area (Å²) in [5, 5.41) is 7.06. The van der Waals surface area contributed by atoms with Crippen LogP contribution < -0.4 is 10.0 Å². The zero-order valence-corrected chi connectivity index (χ0v) is 12.4. The molecule has 0 saturated carbocycles. The highest BCUT2D eigenvalue weighted by atomic mass is 32.2. The van der Waals surface area contributed by atoms with E-state index in [9.17, 15) is 8.42 Å². The Morgan fingerprint density at radius 3 is 2.75 bits per heavy atom. The van der Waals surface area contributed by atoms with Gasteiger partial charge in [-0.1, -0.05) is 0 Å². The van der Waals surface area contributed by atoms with Gasteiger partial charge in [0.2, 0.25) is 0 Å². The molecule has 108 valence electrons. The Morgan fingerprint density at radius 2 is 2.15 bits per heavy atom. The van der Waals surface area contributed by atoms with Gasteiger partial charge in [-0.2, -0.15) is 13.5 Å². The third-order valence-corrected chi connectivity index (χ3v) is 3.95. The summed E-state index contributed by atoms with van der Waals surface area (Å²) < 4.78 is 28.8. The monoisotopic (exact) mass is 295 g/mol. The van der Waals surface area contributed by atoms with E-state index in [4.69, 9.17) is 0 Å². The van der Waals surface area contributed by atoms with Crippen molar-refractivity contribution in [1.29, 1.82) is 0 Å². The summed E-state index contributed by atoms with van der Waals surface area (Å²) in [5.41, 5.74) is 1.21. The molecule has 0 spiro atoms. The molecular formula is C12H17N5O2S. The number of pyridine rings is 1. The zero-order valence-electron chi connectivity index (χ0n) is 11.6. The van der Waals surface area contributed by atoms with Crippen molar-refractivity contribution in [1.82, 2.24) is 14.8 Å². The summed E-state index contributed by atoms with van der Waals surface area (Å²) in [5.74, 6) is 0.399. The van der Waals surface area contributed by atoms with Crippen LogP contribution in [0.5, 0.6) is 0 Å². The first-order valence-electron chi connectivity index (χ1n) is 6.16. The lowest BCUT2D eigenvalue weighted by atomic mass is 10.4. The second-order valence-corrected chi connectivity index (χ2v) is 5.88. The van der Waals surface area contributed by atoms with E-state index in [1.54, 1.807) is 32.2 Å². The number of hydrogen-bond acceptors (Lipinski definition) is 5. The maximum absolute atomic E-state index is 12.4. The van der Waals surface area contributed by atoms with Crippen molar-refractivity contribution in [3.05, 3.63) is 30.1 Å². The first kappa shape index (κ1) is 14.3. The van der Waals surface area contributed by atoms with Crippen LogP contribution in [0.15, 0.2) is 29.4 Å². The fraction of sp³-hybridized carbons (Fsp3) is 0.333. The van der Waals surface area contributed by atoms with Gasteiger partial charge in [0.25, 0.3) is 10.0 Å².